The summed E-state index contributed by atoms with van der Waals surface area (Å²) < 4.78 is 29.9. The largest absolute Gasteiger partial charge is 0.345 e. The number of halogens is 3. The molecule has 1 heterocycles. The zero-order chi connectivity index (χ0) is 23.7. The summed E-state index contributed by atoms with van der Waals surface area (Å²) in [5.41, 5.74) is 3.87. The topological polar surface area (TPSA) is 63.1 Å². The van der Waals surface area contributed by atoms with Gasteiger partial charge >= 0.3 is 0 Å². The van der Waals surface area contributed by atoms with Gasteiger partial charge in [-0.25, -0.2) is 13.5 Å². The van der Waals surface area contributed by atoms with Crippen molar-refractivity contribution in [2.45, 2.75) is 49.6 Å². The van der Waals surface area contributed by atoms with Gasteiger partial charge in [0, 0.05) is 5.39 Å². The predicted octanol–water partition coefficient (Wildman–Crippen LogP) is 5.57. The average Bonchev–Trinajstić information content (AvgIpc) is 2.74. The molecule has 1 fully saturated rings. The van der Waals surface area contributed by atoms with E-state index in [1.807, 2.05) is 6.92 Å². The van der Waals surface area contributed by atoms with E-state index in [0.717, 1.165) is 25.7 Å². The number of alkyl halides is 1. The van der Waals surface area contributed by atoms with Gasteiger partial charge in [0.2, 0.25) is 0 Å². The molecule has 1 saturated carbocycles. The first-order valence-corrected chi connectivity index (χ1v) is 12.4. The van der Waals surface area contributed by atoms with Gasteiger partial charge in [0.1, 0.15) is 11.6 Å². The highest BCUT2D eigenvalue weighted by molar-refractivity contribution is 14.1. The maximum Gasteiger partial charge on any atom is 0.279 e. The molecule has 1 amide bonds. The molecule has 1 unspecified atom stereocenters. The lowest BCUT2D eigenvalue weighted by atomic mass is 9.77. The van der Waals surface area contributed by atoms with Gasteiger partial charge < -0.3 is 10.7 Å². The Labute approximate surface area is 204 Å². The Hall–Kier alpha value is -2.49. The second-order valence-corrected chi connectivity index (χ2v) is 9.97. The number of carbonyl (C=O) groups is 1. The van der Waals surface area contributed by atoms with E-state index in [-0.39, 0.29) is 38.2 Å². The molecule has 1 aromatic heterocycles. The van der Waals surface area contributed by atoms with Gasteiger partial charge in [0.05, 0.1) is 26.7 Å². The third-order valence-corrected chi connectivity index (χ3v) is 7.53. The molecule has 0 aliphatic heterocycles. The number of pyridine rings is 1. The minimum Gasteiger partial charge on any atom is -0.345 e. The van der Waals surface area contributed by atoms with Crippen LogP contribution in [0.3, 0.4) is 0 Å². The number of rotatable bonds is 7. The van der Waals surface area contributed by atoms with E-state index >= 15 is 0 Å². The number of hydrogen-bond donors (Lipinski definition) is 2. The van der Waals surface area contributed by atoms with Crippen molar-refractivity contribution in [3.63, 3.8) is 0 Å². The number of amides is 1. The van der Waals surface area contributed by atoms with Gasteiger partial charge in [0.15, 0.2) is 0 Å². The number of aromatic nitrogens is 1. The highest BCUT2D eigenvalue weighted by Crippen LogP contribution is 2.38. The van der Waals surface area contributed by atoms with Crippen molar-refractivity contribution in [2.75, 3.05) is 5.43 Å². The van der Waals surface area contributed by atoms with E-state index in [1.54, 1.807) is 25.1 Å². The van der Waals surface area contributed by atoms with Gasteiger partial charge in [-0.3, -0.25) is 9.59 Å². The number of carbonyl (C=O) groups excluding carboxylic acids is 1. The van der Waals surface area contributed by atoms with E-state index in [2.05, 4.69) is 33.3 Å². The van der Waals surface area contributed by atoms with Crippen molar-refractivity contribution in [1.82, 2.24) is 9.99 Å². The van der Waals surface area contributed by atoms with Crippen LogP contribution in [0.25, 0.3) is 10.8 Å². The molecule has 4 rings (SSSR count). The first kappa shape index (κ1) is 23.7. The van der Waals surface area contributed by atoms with Gasteiger partial charge in [0.25, 0.3) is 11.5 Å². The third kappa shape index (κ3) is 4.62. The molecule has 0 spiro atoms. The zero-order valence-corrected chi connectivity index (χ0v) is 20.7. The quantitative estimate of drug-likeness (QED) is 0.224. The lowest BCUT2D eigenvalue weighted by Gasteiger charge is -2.35. The molecule has 1 aliphatic carbocycles. The summed E-state index contributed by atoms with van der Waals surface area (Å²) in [5.74, 6) is -1.26. The fraction of sp³-hybridized carbons (Fsp3) is 0.360. The number of benzene rings is 2. The minimum atomic E-state index is -0.677. The van der Waals surface area contributed by atoms with Crippen molar-refractivity contribution in [3.8, 4) is 0 Å². The Kier molecular flexibility index (Phi) is 7.02. The van der Waals surface area contributed by atoms with E-state index in [9.17, 15) is 18.4 Å². The molecular weight excluding hydrogens is 539 g/mol. The van der Waals surface area contributed by atoms with Crippen LogP contribution in [0, 0.1) is 24.5 Å². The van der Waals surface area contributed by atoms with Crippen LogP contribution in [-0.4, -0.2) is 14.6 Å². The summed E-state index contributed by atoms with van der Waals surface area (Å²) in [6.07, 6.45) is 3.66. The van der Waals surface area contributed by atoms with E-state index in [4.69, 9.17) is 0 Å². The molecule has 0 bridgehead atoms. The summed E-state index contributed by atoms with van der Waals surface area (Å²) >= 11 is 2.16. The summed E-state index contributed by atoms with van der Waals surface area (Å²) in [7, 11) is 0. The SMILES string of the molecule is CCC(I)Nn1c(C)c(C(=O)N[C@H](c2cccc(F)c2)C2CCC2)c2cccc(F)c2c1=O. The summed E-state index contributed by atoms with van der Waals surface area (Å²) in [6.45, 7) is 3.63. The van der Waals surface area contributed by atoms with Crippen LogP contribution in [-0.2, 0) is 0 Å². The van der Waals surface area contributed by atoms with Gasteiger partial charge in [-0.15, -0.1) is 0 Å². The number of nitrogens with zero attached hydrogens (tertiary/aromatic N) is 1. The van der Waals surface area contributed by atoms with Crippen LogP contribution in [0.1, 0.15) is 60.3 Å². The Morgan fingerprint density at radius 1 is 1.21 bits per heavy atom. The second-order valence-electron chi connectivity index (χ2n) is 8.47. The lowest BCUT2D eigenvalue weighted by molar-refractivity contribution is 0.0900. The van der Waals surface area contributed by atoms with Crippen LogP contribution < -0.4 is 16.3 Å². The highest BCUT2D eigenvalue weighted by Gasteiger charge is 2.32. The van der Waals surface area contributed by atoms with Crippen LogP contribution in [0.15, 0.2) is 47.3 Å². The fourth-order valence-electron chi connectivity index (χ4n) is 4.35. The summed E-state index contributed by atoms with van der Waals surface area (Å²) in [4.78, 5) is 26.8. The van der Waals surface area contributed by atoms with E-state index in [0.29, 0.717) is 11.3 Å². The lowest BCUT2D eigenvalue weighted by Crippen LogP contribution is -2.40. The number of fused-ring (bicyclic) bond motifs is 1. The van der Waals surface area contributed by atoms with Crippen molar-refractivity contribution >= 4 is 39.3 Å². The van der Waals surface area contributed by atoms with Crippen LogP contribution in [0.2, 0.25) is 0 Å². The van der Waals surface area contributed by atoms with Crippen molar-refractivity contribution in [3.05, 3.63) is 81.3 Å². The molecule has 3 aromatic rings. The second kappa shape index (κ2) is 9.79. The van der Waals surface area contributed by atoms with Crippen LogP contribution >= 0.6 is 22.6 Å². The molecule has 2 N–H and O–H groups in total. The fourth-order valence-corrected chi connectivity index (χ4v) is 4.63. The van der Waals surface area contributed by atoms with Crippen LogP contribution in [0.4, 0.5) is 8.78 Å². The monoisotopic (exact) mass is 565 g/mol. The number of hydrogen-bond acceptors (Lipinski definition) is 3. The van der Waals surface area contributed by atoms with Gasteiger partial charge in [-0.2, -0.15) is 0 Å². The van der Waals surface area contributed by atoms with Gasteiger partial charge in [-0.1, -0.05) is 60.2 Å². The average molecular weight is 565 g/mol. The highest BCUT2D eigenvalue weighted by atomic mass is 127. The molecule has 5 nitrogen and oxygen atoms in total. The number of nitrogens with one attached hydrogen (secondary N) is 2. The molecular formula is C25H26F2IN3O2. The maximum absolute atomic E-state index is 14.8. The van der Waals surface area contributed by atoms with Crippen molar-refractivity contribution in [1.29, 1.82) is 0 Å². The smallest absolute Gasteiger partial charge is 0.279 e. The Morgan fingerprint density at radius 2 is 1.94 bits per heavy atom. The summed E-state index contributed by atoms with van der Waals surface area (Å²) in [5, 5.41) is 3.20. The summed E-state index contributed by atoms with van der Waals surface area (Å²) in [6, 6.07) is 10.2. The third-order valence-electron chi connectivity index (χ3n) is 6.37. The molecule has 8 heteroatoms. The predicted molar refractivity (Wildman–Crippen MR) is 134 cm³/mol. The van der Waals surface area contributed by atoms with Gasteiger partial charge in [-0.05, 0) is 55.9 Å². The van der Waals surface area contributed by atoms with Crippen molar-refractivity contribution in [2.24, 2.45) is 5.92 Å². The molecule has 2 atom stereocenters. The van der Waals surface area contributed by atoms with Crippen LogP contribution in [0.5, 0.6) is 0 Å². The Bertz CT molecular complexity index is 1260. The Balaban J connectivity index is 1.83. The zero-order valence-electron chi connectivity index (χ0n) is 18.5. The molecule has 0 radical (unpaired) electrons. The molecule has 0 saturated heterocycles. The van der Waals surface area contributed by atoms with E-state index < -0.39 is 17.3 Å². The molecule has 1 aliphatic rings. The maximum atomic E-state index is 14.8. The van der Waals surface area contributed by atoms with E-state index in [1.165, 1.54) is 28.9 Å². The first-order chi connectivity index (χ1) is 15.8. The molecule has 33 heavy (non-hydrogen) atoms. The minimum absolute atomic E-state index is 0.0887. The standard InChI is InChI=1S/C25H26F2IN3O2/c1-3-20(28)30-31-14(2)21(18-11-6-12-19(27)22(18)25(31)33)24(32)29-23(15-7-4-8-15)16-9-5-10-17(26)13-16/h5-6,9-13,15,20,23,30H,3-4,7-8H2,1-2H3,(H,29,32)/t20?,23-/m0/s1. The normalized spacial score (nSPS) is 15.7. The Morgan fingerprint density at radius 3 is 2.58 bits per heavy atom. The van der Waals surface area contributed by atoms with Crippen molar-refractivity contribution < 1.29 is 13.6 Å². The molecule has 2 aromatic carbocycles. The first-order valence-electron chi connectivity index (χ1n) is 11.1. The molecule has 174 valence electrons.